The predicted molar refractivity (Wildman–Crippen MR) is 47.4 cm³/mol. The van der Waals surface area contributed by atoms with Crippen LogP contribution in [0.25, 0.3) is 0 Å². The molecule has 0 aliphatic carbocycles. The molecule has 0 spiro atoms. The highest BCUT2D eigenvalue weighted by molar-refractivity contribution is 5.79. The summed E-state index contributed by atoms with van der Waals surface area (Å²) < 4.78 is 12.6. The van der Waals surface area contributed by atoms with E-state index in [9.17, 15) is 9.30 Å². The van der Waals surface area contributed by atoms with Gasteiger partial charge >= 0.3 is 0 Å². The smallest absolute Gasteiger partial charge is 0.279 e. The van der Waals surface area contributed by atoms with Gasteiger partial charge in [-0.3, -0.25) is 5.43 Å². The Morgan fingerprint density at radius 3 is 2.92 bits per heavy atom. The van der Waals surface area contributed by atoms with Gasteiger partial charge in [0, 0.05) is 5.18 Å². The van der Waals surface area contributed by atoms with Crippen LogP contribution >= 0.6 is 0 Å². The van der Waals surface area contributed by atoms with Crippen molar-refractivity contribution in [2.24, 2.45) is 16.0 Å². The molecule has 0 saturated carbocycles. The molecular weight excluding hydrogens is 175 g/mol. The van der Waals surface area contributed by atoms with Gasteiger partial charge in [0.15, 0.2) is 0 Å². The van der Waals surface area contributed by atoms with Gasteiger partial charge in [0.2, 0.25) is 0 Å². The number of guanidine groups is 1. The van der Waals surface area contributed by atoms with Crippen molar-refractivity contribution in [3.8, 4) is 0 Å². The molecule has 0 aliphatic rings. The minimum atomic E-state index is -0.440. The summed E-state index contributed by atoms with van der Waals surface area (Å²) in [4.78, 5) is 9.77. The molecule has 0 heterocycles. The van der Waals surface area contributed by atoms with Crippen LogP contribution in [0.5, 0.6) is 0 Å². The van der Waals surface area contributed by atoms with Crippen molar-refractivity contribution in [3.05, 3.63) is 35.0 Å². The molecule has 5 nitrogen and oxygen atoms in total. The van der Waals surface area contributed by atoms with E-state index >= 15 is 0 Å². The fourth-order valence-electron chi connectivity index (χ4n) is 0.700. The monoisotopic (exact) mass is 182 g/mol. The summed E-state index contributed by atoms with van der Waals surface area (Å²) in [5.41, 5.74) is 7.73. The van der Waals surface area contributed by atoms with Gasteiger partial charge in [0.1, 0.15) is 5.82 Å². The van der Waals surface area contributed by atoms with Crippen molar-refractivity contribution in [2.45, 2.75) is 0 Å². The van der Waals surface area contributed by atoms with Crippen molar-refractivity contribution in [1.82, 2.24) is 0 Å². The van der Waals surface area contributed by atoms with Crippen LogP contribution in [0.2, 0.25) is 0 Å². The molecule has 0 radical (unpaired) electrons. The molecule has 1 aromatic rings. The highest BCUT2D eigenvalue weighted by Crippen LogP contribution is 2.08. The molecule has 0 saturated heterocycles. The van der Waals surface area contributed by atoms with Gasteiger partial charge < -0.3 is 5.73 Å². The number of rotatable bonds is 2. The zero-order valence-corrected chi connectivity index (χ0v) is 6.57. The third kappa shape index (κ3) is 2.86. The lowest BCUT2D eigenvalue weighted by molar-refractivity contribution is 0.628. The average Bonchev–Trinajstić information content (AvgIpc) is 2.14. The second kappa shape index (κ2) is 4.15. The number of anilines is 1. The third-order valence-electron chi connectivity index (χ3n) is 1.22. The normalized spacial score (nSPS) is 11.0. The SMILES string of the molecule is N/C(N=O)=N\Nc1cccc(F)c1. The van der Waals surface area contributed by atoms with Crippen molar-refractivity contribution in [1.29, 1.82) is 0 Å². The largest absolute Gasteiger partial charge is 0.364 e. The summed E-state index contributed by atoms with van der Waals surface area (Å²) in [7, 11) is 0. The van der Waals surface area contributed by atoms with Crippen LogP contribution in [0.4, 0.5) is 10.1 Å². The zero-order valence-electron chi connectivity index (χ0n) is 6.57. The summed E-state index contributed by atoms with van der Waals surface area (Å²) >= 11 is 0. The van der Waals surface area contributed by atoms with E-state index in [0.717, 1.165) is 0 Å². The Kier molecular flexibility index (Phi) is 2.91. The van der Waals surface area contributed by atoms with Crippen LogP contribution < -0.4 is 11.2 Å². The van der Waals surface area contributed by atoms with E-state index < -0.39 is 11.8 Å². The number of nitrogens with one attached hydrogen (secondary N) is 1. The van der Waals surface area contributed by atoms with Gasteiger partial charge in [-0.2, -0.15) is 0 Å². The maximum Gasteiger partial charge on any atom is 0.279 e. The molecule has 0 unspecified atom stereocenters. The molecule has 6 heteroatoms. The molecule has 68 valence electrons. The molecule has 1 rings (SSSR count). The molecule has 0 bridgehead atoms. The fourth-order valence-corrected chi connectivity index (χ4v) is 0.700. The number of nitroso groups, excluding NO2 is 1. The lowest BCUT2D eigenvalue weighted by Crippen LogP contribution is -2.09. The number of hydrogen-bond acceptors (Lipinski definition) is 3. The molecule has 13 heavy (non-hydrogen) atoms. The Morgan fingerprint density at radius 2 is 2.31 bits per heavy atom. The standard InChI is InChI=1S/C7H7FN4O/c8-5-2-1-3-6(4-5)10-11-7(9)12-13/h1-4,10H,(H2,9,11). The lowest BCUT2D eigenvalue weighted by atomic mass is 10.3. The van der Waals surface area contributed by atoms with Gasteiger partial charge in [0.05, 0.1) is 5.69 Å². The molecule has 0 fully saturated rings. The van der Waals surface area contributed by atoms with E-state index in [1.54, 1.807) is 6.07 Å². The Hall–Kier alpha value is -1.98. The molecule has 0 aliphatic heterocycles. The number of nitrogens with zero attached hydrogens (tertiary/aromatic N) is 2. The summed E-state index contributed by atoms with van der Waals surface area (Å²) in [5, 5.41) is 5.70. The van der Waals surface area contributed by atoms with Crippen LogP contribution in [0, 0.1) is 10.7 Å². The minimum absolute atomic E-state index is 0.395. The number of benzene rings is 1. The maximum absolute atomic E-state index is 12.6. The van der Waals surface area contributed by atoms with E-state index in [-0.39, 0.29) is 0 Å². The summed E-state index contributed by atoms with van der Waals surface area (Å²) in [6.45, 7) is 0. The second-order valence-electron chi connectivity index (χ2n) is 2.18. The van der Waals surface area contributed by atoms with Crippen LogP contribution in [0.15, 0.2) is 34.5 Å². The fraction of sp³-hybridized carbons (Fsp3) is 0. The molecular formula is C7H7FN4O. The predicted octanol–water partition coefficient (Wildman–Crippen LogP) is 1.23. The Morgan fingerprint density at radius 1 is 1.54 bits per heavy atom. The van der Waals surface area contributed by atoms with Crippen molar-refractivity contribution < 1.29 is 4.39 Å². The minimum Gasteiger partial charge on any atom is -0.364 e. The van der Waals surface area contributed by atoms with Gasteiger partial charge in [-0.25, -0.2) is 4.39 Å². The topological polar surface area (TPSA) is 79.8 Å². The molecule has 3 N–H and O–H groups in total. The third-order valence-corrected chi connectivity index (χ3v) is 1.22. The summed E-state index contributed by atoms with van der Waals surface area (Å²) in [6.07, 6.45) is 0. The zero-order chi connectivity index (χ0) is 9.68. The van der Waals surface area contributed by atoms with Gasteiger partial charge in [0.25, 0.3) is 5.96 Å². The average molecular weight is 182 g/mol. The van der Waals surface area contributed by atoms with Gasteiger partial charge in [-0.15, -0.1) is 10.0 Å². The number of nitrogens with two attached hydrogens (primary N) is 1. The Bertz CT molecular complexity index is 339. The Balaban J connectivity index is 2.70. The summed E-state index contributed by atoms with van der Waals surface area (Å²) in [6, 6.07) is 5.57. The van der Waals surface area contributed by atoms with Crippen LogP contribution in [0.3, 0.4) is 0 Å². The van der Waals surface area contributed by atoms with Crippen molar-refractivity contribution >= 4 is 11.6 Å². The van der Waals surface area contributed by atoms with Crippen molar-refractivity contribution in [2.75, 3.05) is 5.43 Å². The first-order chi connectivity index (χ1) is 6.22. The highest BCUT2D eigenvalue weighted by atomic mass is 19.1. The first kappa shape index (κ1) is 9.11. The van der Waals surface area contributed by atoms with E-state index in [4.69, 9.17) is 5.73 Å². The summed E-state index contributed by atoms with van der Waals surface area (Å²) in [5.74, 6) is -0.845. The molecule has 1 aromatic carbocycles. The highest BCUT2D eigenvalue weighted by Gasteiger charge is 1.93. The maximum atomic E-state index is 12.6. The van der Waals surface area contributed by atoms with Crippen LogP contribution in [-0.4, -0.2) is 5.96 Å². The Labute approximate surface area is 73.4 Å². The lowest BCUT2D eigenvalue weighted by Gasteiger charge is -1.98. The molecule has 0 atom stereocenters. The van der Waals surface area contributed by atoms with Crippen LogP contribution in [0.1, 0.15) is 0 Å². The first-order valence-electron chi connectivity index (χ1n) is 3.40. The second-order valence-corrected chi connectivity index (χ2v) is 2.18. The van der Waals surface area contributed by atoms with E-state index in [0.29, 0.717) is 5.69 Å². The quantitative estimate of drug-likeness (QED) is 0.312. The van der Waals surface area contributed by atoms with Gasteiger partial charge in [-0.05, 0) is 18.2 Å². The number of halogens is 1. The number of hydrogen-bond donors (Lipinski definition) is 2. The van der Waals surface area contributed by atoms with E-state index in [1.807, 2.05) is 0 Å². The first-order valence-corrected chi connectivity index (χ1v) is 3.40. The molecule has 0 amide bonds. The van der Waals surface area contributed by atoms with E-state index in [2.05, 4.69) is 15.7 Å². The van der Waals surface area contributed by atoms with Gasteiger partial charge in [-0.1, -0.05) is 6.07 Å². The molecule has 0 aromatic heterocycles. The van der Waals surface area contributed by atoms with Crippen LogP contribution in [-0.2, 0) is 0 Å². The number of hydrazone groups is 1. The van der Waals surface area contributed by atoms with E-state index in [1.165, 1.54) is 18.2 Å². The van der Waals surface area contributed by atoms with Crippen molar-refractivity contribution in [3.63, 3.8) is 0 Å².